The van der Waals surface area contributed by atoms with Gasteiger partial charge in [-0.2, -0.15) is 0 Å². The van der Waals surface area contributed by atoms with Gasteiger partial charge in [-0.1, -0.05) is 24.3 Å². The molecule has 10 nitrogen and oxygen atoms in total. The number of hydrogen-bond acceptors (Lipinski definition) is 8. The Morgan fingerprint density at radius 2 is 0.929 bits per heavy atom. The molecule has 0 saturated heterocycles. The first-order valence-electron chi connectivity index (χ1n) is 12.9. The first-order valence-corrected chi connectivity index (χ1v) is 12.9. The van der Waals surface area contributed by atoms with Gasteiger partial charge in [0, 0.05) is 37.0 Å². The lowest BCUT2D eigenvalue weighted by Crippen LogP contribution is -2.10. The summed E-state index contributed by atoms with van der Waals surface area (Å²) < 4.78 is 24.9. The molecule has 6 rings (SSSR count). The molecule has 0 unspecified atom stereocenters. The Bertz CT molecular complexity index is 1980. The van der Waals surface area contributed by atoms with Crippen molar-refractivity contribution in [1.82, 2.24) is 9.13 Å². The number of para-hydroxylation sites is 2. The van der Waals surface area contributed by atoms with Crippen LogP contribution >= 0.6 is 0 Å². The summed E-state index contributed by atoms with van der Waals surface area (Å²) in [6.07, 6.45) is 0. The number of fused-ring (bicyclic) bond motifs is 4. The molecule has 0 amide bonds. The second kappa shape index (κ2) is 10.9. The Morgan fingerprint density at radius 1 is 0.571 bits per heavy atom. The molecule has 0 spiro atoms. The molecule has 216 valence electrons. The summed E-state index contributed by atoms with van der Waals surface area (Å²) in [6.45, 7) is 0. The standard InChI is InChI=1S/2C16H15NO4/c2*1-17-10-7-5-4-6-9(10)15(19)13-11(18)8-12(20-2)16(21-3)14(13)17/h2*4-8,18H,1-3H3. The summed E-state index contributed by atoms with van der Waals surface area (Å²) in [7, 11) is 9.64. The third kappa shape index (κ3) is 4.19. The number of hydrogen-bond donors (Lipinski definition) is 2. The van der Waals surface area contributed by atoms with Gasteiger partial charge in [-0.25, -0.2) is 0 Å². The summed E-state index contributed by atoms with van der Waals surface area (Å²) in [5.41, 5.74) is 2.10. The molecule has 2 aromatic heterocycles. The maximum absolute atomic E-state index is 12.7. The number of aryl methyl sites for hydroxylation is 2. The fourth-order valence-electron chi connectivity index (χ4n) is 5.44. The number of pyridine rings is 2. The zero-order valence-corrected chi connectivity index (χ0v) is 24.0. The summed E-state index contributed by atoms with van der Waals surface area (Å²) in [6, 6.07) is 17.3. The molecule has 2 heterocycles. The molecule has 2 N–H and O–H groups in total. The normalized spacial score (nSPS) is 11.0. The molecule has 4 aromatic carbocycles. The summed E-state index contributed by atoms with van der Waals surface area (Å²) in [5.74, 6) is 1.38. The van der Waals surface area contributed by atoms with Gasteiger partial charge in [-0.3, -0.25) is 9.59 Å². The second-order valence-electron chi connectivity index (χ2n) is 9.52. The third-order valence-electron chi connectivity index (χ3n) is 7.39. The van der Waals surface area contributed by atoms with E-state index in [1.165, 1.54) is 40.6 Å². The number of rotatable bonds is 4. The van der Waals surface area contributed by atoms with Gasteiger partial charge >= 0.3 is 0 Å². The zero-order chi connectivity index (χ0) is 30.3. The van der Waals surface area contributed by atoms with Crippen LogP contribution in [0, 0.1) is 0 Å². The lowest BCUT2D eigenvalue weighted by molar-refractivity contribution is 0.354. The quantitative estimate of drug-likeness (QED) is 0.289. The van der Waals surface area contributed by atoms with Crippen LogP contribution in [-0.4, -0.2) is 47.8 Å². The number of phenols is 2. The van der Waals surface area contributed by atoms with E-state index in [1.807, 2.05) is 47.5 Å². The third-order valence-corrected chi connectivity index (χ3v) is 7.39. The summed E-state index contributed by atoms with van der Waals surface area (Å²) in [5, 5.41) is 22.0. The number of aromatic nitrogens is 2. The molecule has 10 heteroatoms. The number of methoxy groups -OCH3 is 4. The highest BCUT2D eigenvalue weighted by atomic mass is 16.5. The van der Waals surface area contributed by atoms with E-state index < -0.39 is 0 Å². The van der Waals surface area contributed by atoms with Gasteiger partial charge in [0.05, 0.1) is 50.2 Å². The first-order chi connectivity index (χ1) is 20.2. The average Bonchev–Trinajstić information content (AvgIpc) is 3.01. The van der Waals surface area contributed by atoms with Crippen molar-refractivity contribution in [2.45, 2.75) is 0 Å². The maximum atomic E-state index is 12.7. The van der Waals surface area contributed by atoms with Crippen LogP contribution < -0.4 is 29.8 Å². The van der Waals surface area contributed by atoms with Gasteiger partial charge in [0.2, 0.25) is 10.9 Å². The Kier molecular flexibility index (Phi) is 7.30. The van der Waals surface area contributed by atoms with Crippen LogP contribution in [0.25, 0.3) is 43.6 Å². The van der Waals surface area contributed by atoms with Crippen LogP contribution in [0.5, 0.6) is 34.5 Å². The molecule has 0 radical (unpaired) electrons. The lowest BCUT2D eigenvalue weighted by atomic mass is 10.1. The lowest BCUT2D eigenvalue weighted by Gasteiger charge is -2.16. The molecule has 0 bridgehead atoms. The van der Waals surface area contributed by atoms with Crippen LogP contribution in [0.1, 0.15) is 0 Å². The largest absolute Gasteiger partial charge is 0.507 e. The summed E-state index contributed by atoms with van der Waals surface area (Å²) >= 11 is 0. The van der Waals surface area contributed by atoms with E-state index in [0.29, 0.717) is 44.8 Å². The molecule has 0 atom stereocenters. The van der Waals surface area contributed by atoms with E-state index >= 15 is 0 Å². The molecule has 0 saturated carbocycles. The predicted octanol–water partition coefficient (Wildman–Crippen LogP) is 4.83. The van der Waals surface area contributed by atoms with Crippen LogP contribution in [0.4, 0.5) is 0 Å². The highest BCUT2D eigenvalue weighted by Gasteiger charge is 2.21. The minimum absolute atomic E-state index is 0.117. The van der Waals surface area contributed by atoms with Gasteiger partial charge in [0.1, 0.15) is 22.5 Å². The van der Waals surface area contributed by atoms with E-state index in [2.05, 4.69) is 0 Å². The minimum atomic E-state index is -0.225. The Balaban J connectivity index is 0.000000168. The highest BCUT2D eigenvalue weighted by Crippen LogP contribution is 2.41. The number of ether oxygens (including phenoxy) is 4. The van der Waals surface area contributed by atoms with Gasteiger partial charge in [0.25, 0.3) is 0 Å². The predicted molar refractivity (Wildman–Crippen MR) is 163 cm³/mol. The van der Waals surface area contributed by atoms with Crippen LogP contribution in [0.3, 0.4) is 0 Å². The van der Waals surface area contributed by atoms with E-state index in [1.54, 1.807) is 24.3 Å². The molecule has 6 aromatic rings. The van der Waals surface area contributed by atoms with Crippen molar-refractivity contribution in [3.63, 3.8) is 0 Å². The van der Waals surface area contributed by atoms with E-state index in [4.69, 9.17) is 18.9 Å². The van der Waals surface area contributed by atoms with Crippen molar-refractivity contribution >= 4 is 43.6 Å². The van der Waals surface area contributed by atoms with Crippen molar-refractivity contribution < 1.29 is 29.2 Å². The zero-order valence-electron chi connectivity index (χ0n) is 24.0. The van der Waals surface area contributed by atoms with Crippen molar-refractivity contribution in [3.05, 3.63) is 81.1 Å². The topological polar surface area (TPSA) is 121 Å². The van der Waals surface area contributed by atoms with Crippen molar-refractivity contribution in [1.29, 1.82) is 0 Å². The smallest absolute Gasteiger partial charge is 0.201 e. The van der Waals surface area contributed by atoms with Crippen LogP contribution in [0.2, 0.25) is 0 Å². The molecule has 0 aliphatic carbocycles. The molecule has 0 fully saturated rings. The second-order valence-corrected chi connectivity index (χ2v) is 9.52. The number of nitrogens with zero attached hydrogens (tertiary/aromatic N) is 2. The molecule has 0 aliphatic rings. The molecular weight excluding hydrogens is 540 g/mol. The van der Waals surface area contributed by atoms with Crippen molar-refractivity contribution in [3.8, 4) is 34.5 Å². The summed E-state index contributed by atoms with van der Waals surface area (Å²) in [4.78, 5) is 25.3. The Hall–Kier alpha value is -5.38. The van der Waals surface area contributed by atoms with Crippen LogP contribution in [0.15, 0.2) is 70.3 Å². The fourth-order valence-corrected chi connectivity index (χ4v) is 5.44. The molecule has 0 aliphatic heterocycles. The number of aromatic hydroxyl groups is 2. The molecule has 42 heavy (non-hydrogen) atoms. The minimum Gasteiger partial charge on any atom is -0.507 e. The number of phenolic OH excluding ortho intramolecular Hbond substituents is 2. The SMILES string of the molecule is COc1cc(O)c2c(=O)c3ccccc3n(C)c2c1OC.COc1cc(O)c2c(=O)c3ccccc3n(C)c2c1OC. The van der Waals surface area contributed by atoms with E-state index in [0.717, 1.165) is 11.0 Å². The Labute approximate surface area is 240 Å². The number of benzene rings is 4. The van der Waals surface area contributed by atoms with Gasteiger partial charge in [0.15, 0.2) is 23.0 Å². The van der Waals surface area contributed by atoms with Crippen LogP contribution in [-0.2, 0) is 14.1 Å². The van der Waals surface area contributed by atoms with Crippen molar-refractivity contribution in [2.24, 2.45) is 14.1 Å². The highest BCUT2D eigenvalue weighted by molar-refractivity contribution is 6.01. The Morgan fingerprint density at radius 3 is 1.26 bits per heavy atom. The van der Waals surface area contributed by atoms with E-state index in [9.17, 15) is 19.8 Å². The molecular formula is C32H30N2O8. The maximum Gasteiger partial charge on any atom is 0.201 e. The first kappa shape index (κ1) is 28.2. The monoisotopic (exact) mass is 570 g/mol. The van der Waals surface area contributed by atoms with Gasteiger partial charge < -0.3 is 38.3 Å². The average molecular weight is 571 g/mol. The van der Waals surface area contributed by atoms with Gasteiger partial charge in [-0.05, 0) is 24.3 Å². The van der Waals surface area contributed by atoms with Gasteiger partial charge in [-0.15, -0.1) is 0 Å². The fraction of sp³-hybridized carbons (Fsp3) is 0.188. The van der Waals surface area contributed by atoms with Crippen molar-refractivity contribution in [2.75, 3.05) is 28.4 Å². The van der Waals surface area contributed by atoms with E-state index in [-0.39, 0.29) is 33.1 Å².